The molecule has 0 aromatic heterocycles. The minimum atomic E-state index is -0.643. The third-order valence-corrected chi connectivity index (χ3v) is 3.26. The Hall–Kier alpha value is -1.02. The summed E-state index contributed by atoms with van der Waals surface area (Å²) in [6, 6.07) is 7.44. The number of methoxy groups -OCH3 is 1. The average molecular weight is 435 g/mol. The number of hydrogen-bond donors (Lipinski definition) is 3. The summed E-state index contributed by atoms with van der Waals surface area (Å²) in [5.74, 6) is 2.13. The van der Waals surface area contributed by atoms with Gasteiger partial charge in [0.1, 0.15) is 5.75 Å². The molecule has 5 nitrogen and oxygen atoms in total. The summed E-state index contributed by atoms with van der Waals surface area (Å²) < 4.78 is 5.17. The number of nitrogens with one attached hydrogen (secondary N) is 2. The SMILES string of the molecule is CCNC(=NCC(O)c1cccc(OC)c1)NCCC(C)C.I. The highest BCUT2D eigenvalue weighted by Gasteiger charge is 2.08. The van der Waals surface area contributed by atoms with Crippen molar-refractivity contribution in [2.45, 2.75) is 33.3 Å². The van der Waals surface area contributed by atoms with E-state index in [-0.39, 0.29) is 24.0 Å². The molecule has 3 N–H and O–H groups in total. The maximum atomic E-state index is 10.3. The zero-order valence-electron chi connectivity index (χ0n) is 14.5. The van der Waals surface area contributed by atoms with E-state index >= 15 is 0 Å². The standard InChI is InChI=1S/C17H29N3O2.HI/c1-5-18-17(19-10-9-13(2)3)20-12-16(21)14-7-6-8-15(11-14)22-4;/h6-8,11,13,16,21H,5,9-10,12H2,1-4H3,(H2,18,19,20);1H. The van der Waals surface area contributed by atoms with Crippen LogP contribution in [0, 0.1) is 5.92 Å². The third kappa shape index (κ3) is 9.00. The van der Waals surface area contributed by atoms with Gasteiger partial charge in [-0.15, -0.1) is 24.0 Å². The van der Waals surface area contributed by atoms with Gasteiger partial charge in [0.05, 0.1) is 19.8 Å². The number of aliphatic hydroxyl groups excluding tert-OH is 1. The Kier molecular flexibility index (Phi) is 11.9. The van der Waals surface area contributed by atoms with Crippen molar-refractivity contribution in [3.05, 3.63) is 29.8 Å². The number of aliphatic imine (C=N–C) groups is 1. The fourth-order valence-corrected chi connectivity index (χ4v) is 1.95. The maximum Gasteiger partial charge on any atom is 0.191 e. The van der Waals surface area contributed by atoms with Crippen LogP contribution in [0.1, 0.15) is 38.9 Å². The highest BCUT2D eigenvalue weighted by molar-refractivity contribution is 14.0. The molecule has 0 saturated carbocycles. The molecule has 1 atom stereocenters. The lowest BCUT2D eigenvalue weighted by Crippen LogP contribution is -2.38. The summed E-state index contributed by atoms with van der Waals surface area (Å²) in [6.45, 7) is 8.39. The molecule has 1 unspecified atom stereocenters. The molecule has 1 aromatic carbocycles. The quantitative estimate of drug-likeness (QED) is 0.334. The molecule has 132 valence electrons. The van der Waals surface area contributed by atoms with Gasteiger partial charge in [0.2, 0.25) is 0 Å². The molecule has 0 heterocycles. The van der Waals surface area contributed by atoms with Gasteiger partial charge >= 0.3 is 0 Å². The van der Waals surface area contributed by atoms with Crippen LogP contribution < -0.4 is 15.4 Å². The molecule has 0 radical (unpaired) electrons. The van der Waals surface area contributed by atoms with Gasteiger partial charge in [-0.1, -0.05) is 26.0 Å². The molecule has 1 rings (SSSR count). The monoisotopic (exact) mass is 435 g/mol. The van der Waals surface area contributed by atoms with Crippen molar-refractivity contribution in [3.63, 3.8) is 0 Å². The van der Waals surface area contributed by atoms with E-state index in [9.17, 15) is 5.11 Å². The van der Waals surface area contributed by atoms with Crippen LogP contribution in [-0.4, -0.2) is 37.8 Å². The van der Waals surface area contributed by atoms with Gasteiger partial charge in [-0.25, -0.2) is 0 Å². The van der Waals surface area contributed by atoms with E-state index in [1.807, 2.05) is 31.2 Å². The molecule has 1 aromatic rings. The molecular weight excluding hydrogens is 405 g/mol. The van der Waals surface area contributed by atoms with Gasteiger partial charge in [0.15, 0.2) is 5.96 Å². The van der Waals surface area contributed by atoms with Gasteiger partial charge < -0.3 is 20.5 Å². The normalized spacial score (nSPS) is 12.5. The first-order valence-corrected chi connectivity index (χ1v) is 7.91. The Labute approximate surface area is 156 Å². The first kappa shape index (κ1) is 22.0. The Bertz CT molecular complexity index is 467. The van der Waals surface area contributed by atoms with E-state index in [1.54, 1.807) is 7.11 Å². The summed E-state index contributed by atoms with van der Waals surface area (Å²) in [6.07, 6.45) is 0.443. The Morgan fingerprint density at radius 3 is 2.65 bits per heavy atom. The van der Waals surface area contributed by atoms with E-state index in [0.717, 1.165) is 36.8 Å². The minimum Gasteiger partial charge on any atom is -0.497 e. The second-order valence-electron chi connectivity index (χ2n) is 5.62. The average Bonchev–Trinajstić information content (AvgIpc) is 2.52. The van der Waals surface area contributed by atoms with Crippen LogP contribution in [0.3, 0.4) is 0 Å². The Morgan fingerprint density at radius 2 is 2.04 bits per heavy atom. The summed E-state index contributed by atoms with van der Waals surface area (Å²) >= 11 is 0. The molecule has 0 spiro atoms. The van der Waals surface area contributed by atoms with Crippen LogP contribution in [0.2, 0.25) is 0 Å². The molecule has 23 heavy (non-hydrogen) atoms. The van der Waals surface area contributed by atoms with Gasteiger partial charge in [-0.05, 0) is 37.0 Å². The van der Waals surface area contributed by atoms with E-state index in [1.165, 1.54) is 0 Å². The molecule has 0 bridgehead atoms. The third-order valence-electron chi connectivity index (χ3n) is 3.26. The molecule has 0 amide bonds. The smallest absolute Gasteiger partial charge is 0.191 e. The Morgan fingerprint density at radius 1 is 1.30 bits per heavy atom. The van der Waals surface area contributed by atoms with E-state index in [0.29, 0.717) is 12.5 Å². The second kappa shape index (κ2) is 12.4. The first-order chi connectivity index (χ1) is 10.6. The van der Waals surface area contributed by atoms with Crippen molar-refractivity contribution in [3.8, 4) is 5.75 Å². The van der Waals surface area contributed by atoms with Crippen LogP contribution in [0.15, 0.2) is 29.3 Å². The van der Waals surface area contributed by atoms with Crippen molar-refractivity contribution < 1.29 is 9.84 Å². The van der Waals surface area contributed by atoms with Crippen LogP contribution >= 0.6 is 24.0 Å². The lowest BCUT2D eigenvalue weighted by Gasteiger charge is -2.14. The van der Waals surface area contributed by atoms with Crippen molar-refractivity contribution in [1.29, 1.82) is 0 Å². The highest BCUT2D eigenvalue weighted by atomic mass is 127. The van der Waals surface area contributed by atoms with Gasteiger partial charge in [0, 0.05) is 13.1 Å². The predicted octanol–water partition coefficient (Wildman–Crippen LogP) is 2.95. The summed E-state index contributed by atoms with van der Waals surface area (Å²) in [5, 5.41) is 16.7. The Balaban J connectivity index is 0.00000484. The minimum absolute atomic E-state index is 0. The van der Waals surface area contributed by atoms with E-state index < -0.39 is 6.10 Å². The number of guanidine groups is 1. The molecule has 0 saturated heterocycles. The zero-order valence-corrected chi connectivity index (χ0v) is 16.8. The number of halogens is 1. The topological polar surface area (TPSA) is 65.9 Å². The van der Waals surface area contributed by atoms with Crippen LogP contribution in [0.5, 0.6) is 5.75 Å². The maximum absolute atomic E-state index is 10.3. The van der Waals surface area contributed by atoms with Crippen LogP contribution in [0.4, 0.5) is 0 Å². The van der Waals surface area contributed by atoms with Gasteiger partial charge in [-0.3, -0.25) is 4.99 Å². The van der Waals surface area contributed by atoms with Crippen molar-refractivity contribution >= 4 is 29.9 Å². The number of ether oxygens (including phenoxy) is 1. The summed E-state index contributed by atoms with van der Waals surface area (Å²) in [4.78, 5) is 4.45. The number of aliphatic hydroxyl groups is 1. The molecular formula is C17H30IN3O2. The lowest BCUT2D eigenvalue weighted by atomic mass is 10.1. The molecule has 0 aliphatic heterocycles. The van der Waals surface area contributed by atoms with E-state index in [4.69, 9.17) is 4.74 Å². The van der Waals surface area contributed by atoms with Crippen molar-refractivity contribution in [1.82, 2.24) is 10.6 Å². The van der Waals surface area contributed by atoms with Crippen LogP contribution in [-0.2, 0) is 0 Å². The largest absolute Gasteiger partial charge is 0.497 e. The molecule has 6 heteroatoms. The predicted molar refractivity (Wildman–Crippen MR) is 107 cm³/mol. The van der Waals surface area contributed by atoms with Crippen molar-refractivity contribution in [2.75, 3.05) is 26.7 Å². The fraction of sp³-hybridized carbons (Fsp3) is 0.588. The summed E-state index contributed by atoms with van der Waals surface area (Å²) in [7, 11) is 1.62. The van der Waals surface area contributed by atoms with Crippen LogP contribution in [0.25, 0.3) is 0 Å². The molecule has 0 aliphatic carbocycles. The van der Waals surface area contributed by atoms with Gasteiger partial charge in [-0.2, -0.15) is 0 Å². The zero-order chi connectivity index (χ0) is 16.4. The number of nitrogens with zero attached hydrogens (tertiary/aromatic N) is 1. The molecule has 0 fully saturated rings. The van der Waals surface area contributed by atoms with E-state index in [2.05, 4.69) is 29.5 Å². The number of rotatable bonds is 8. The van der Waals surface area contributed by atoms with Gasteiger partial charge in [0.25, 0.3) is 0 Å². The van der Waals surface area contributed by atoms with Crippen molar-refractivity contribution in [2.24, 2.45) is 10.9 Å². The summed E-state index contributed by atoms with van der Waals surface area (Å²) in [5.41, 5.74) is 0.807. The molecule has 0 aliphatic rings. The number of hydrogen-bond acceptors (Lipinski definition) is 3. The lowest BCUT2D eigenvalue weighted by molar-refractivity contribution is 0.186. The second-order valence-corrected chi connectivity index (χ2v) is 5.62. The first-order valence-electron chi connectivity index (χ1n) is 7.91. The highest BCUT2D eigenvalue weighted by Crippen LogP contribution is 2.19. The fourth-order valence-electron chi connectivity index (χ4n) is 1.95. The number of benzene rings is 1.